The number of rotatable bonds is 5. The van der Waals surface area contributed by atoms with E-state index in [4.69, 9.17) is 9.47 Å². The molecule has 1 aliphatic heterocycles. The van der Waals surface area contributed by atoms with E-state index in [9.17, 15) is 4.79 Å². The van der Waals surface area contributed by atoms with Gasteiger partial charge in [-0.15, -0.1) is 0 Å². The van der Waals surface area contributed by atoms with E-state index in [0.717, 1.165) is 26.2 Å². The molecule has 0 spiro atoms. The van der Waals surface area contributed by atoms with E-state index in [1.54, 1.807) is 37.3 Å². The predicted octanol–water partition coefficient (Wildman–Crippen LogP) is 0.843. The molecule has 1 saturated heterocycles. The topological polar surface area (TPSA) is 43.2 Å². The molecule has 0 aromatic heterocycles. The lowest BCUT2D eigenvalue weighted by atomic mass is 10.1. The van der Waals surface area contributed by atoms with Crippen molar-refractivity contribution in [2.24, 2.45) is 0 Å². The highest BCUT2D eigenvalue weighted by atomic mass is 16.5. The van der Waals surface area contributed by atoms with Gasteiger partial charge in [0.05, 0.1) is 46.4 Å². The van der Waals surface area contributed by atoms with E-state index >= 15 is 0 Å². The zero-order valence-corrected chi connectivity index (χ0v) is 14.0. The van der Waals surface area contributed by atoms with Gasteiger partial charge in [-0.25, -0.2) is 0 Å². The summed E-state index contributed by atoms with van der Waals surface area (Å²) in [5, 5.41) is 0. The number of amides is 1. The fourth-order valence-electron chi connectivity index (χ4n) is 2.93. The summed E-state index contributed by atoms with van der Waals surface area (Å²) in [5.41, 5.74) is 0.657. The highest BCUT2D eigenvalue weighted by molar-refractivity contribution is 5.95. The third kappa shape index (κ3) is 3.53. The molecule has 0 saturated carbocycles. The smallest absolute Gasteiger partial charge is 0.254 e. The zero-order valence-electron chi connectivity index (χ0n) is 14.0. The van der Waals surface area contributed by atoms with Gasteiger partial charge in [-0.3, -0.25) is 4.79 Å². The number of hydrogen-bond acceptors (Lipinski definition) is 3. The predicted molar refractivity (Wildman–Crippen MR) is 85.9 cm³/mol. The van der Waals surface area contributed by atoms with E-state index in [2.05, 4.69) is 13.8 Å². The molecular formula is C17H27N2O3+. The van der Waals surface area contributed by atoms with E-state index in [-0.39, 0.29) is 5.91 Å². The van der Waals surface area contributed by atoms with Gasteiger partial charge >= 0.3 is 0 Å². The van der Waals surface area contributed by atoms with Crippen LogP contribution in [0.4, 0.5) is 0 Å². The maximum absolute atomic E-state index is 12.6. The molecule has 1 N–H and O–H groups in total. The second-order valence-electron chi connectivity index (χ2n) is 5.83. The molecule has 2 rings (SSSR count). The number of methoxy groups -OCH3 is 2. The third-order valence-electron chi connectivity index (χ3n) is 4.63. The molecule has 1 aliphatic rings. The first-order valence-corrected chi connectivity index (χ1v) is 7.96. The summed E-state index contributed by atoms with van der Waals surface area (Å²) in [6.07, 6.45) is 1.18. The largest absolute Gasteiger partial charge is 0.493 e. The van der Waals surface area contributed by atoms with E-state index in [1.807, 2.05) is 4.90 Å². The van der Waals surface area contributed by atoms with Gasteiger partial charge in [-0.2, -0.15) is 0 Å². The van der Waals surface area contributed by atoms with Gasteiger partial charge in [0.15, 0.2) is 11.5 Å². The van der Waals surface area contributed by atoms with Crippen molar-refractivity contribution >= 4 is 5.91 Å². The number of nitrogens with zero attached hydrogens (tertiary/aromatic N) is 1. The third-order valence-corrected chi connectivity index (χ3v) is 4.63. The molecular weight excluding hydrogens is 280 g/mol. The van der Waals surface area contributed by atoms with Crippen LogP contribution in [-0.4, -0.2) is 57.2 Å². The Bertz CT molecular complexity index is 511. The number of benzene rings is 1. The Balaban J connectivity index is 2.04. The molecule has 1 amide bonds. The Morgan fingerprint density at radius 3 is 2.41 bits per heavy atom. The maximum Gasteiger partial charge on any atom is 0.254 e. The van der Waals surface area contributed by atoms with E-state index in [0.29, 0.717) is 23.1 Å². The molecule has 0 bridgehead atoms. The van der Waals surface area contributed by atoms with Crippen LogP contribution < -0.4 is 14.4 Å². The molecule has 1 heterocycles. The number of piperazine rings is 1. The van der Waals surface area contributed by atoms with Crippen LogP contribution in [0.5, 0.6) is 11.5 Å². The van der Waals surface area contributed by atoms with Crippen molar-refractivity contribution in [3.05, 3.63) is 23.8 Å². The number of ether oxygens (including phenoxy) is 2. The Kier molecular flexibility index (Phi) is 5.66. The summed E-state index contributed by atoms with van der Waals surface area (Å²) in [6, 6.07) is 6.01. The van der Waals surface area contributed by atoms with Crippen LogP contribution >= 0.6 is 0 Å². The van der Waals surface area contributed by atoms with Crippen LogP contribution in [0.2, 0.25) is 0 Å². The molecule has 1 atom stereocenters. The van der Waals surface area contributed by atoms with Gasteiger partial charge in [-0.1, -0.05) is 6.92 Å². The average molecular weight is 307 g/mol. The summed E-state index contributed by atoms with van der Waals surface area (Å²) < 4.78 is 10.5. The molecule has 0 radical (unpaired) electrons. The molecule has 1 fully saturated rings. The number of nitrogens with one attached hydrogen (secondary N) is 1. The second-order valence-corrected chi connectivity index (χ2v) is 5.83. The van der Waals surface area contributed by atoms with Crippen LogP contribution in [0.15, 0.2) is 18.2 Å². The first-order chi connectivity index (χ1) is 10.6. The Morgan fingerprint density at radius 1 is 1.23 bits per heavy atom. The first kappa shape index (κ1) is 16.6. The fraction of sp³-hybridized carbons (Fsp3) is 0.588. The van der Waals surface area contributed by atoms with Crippen LogP contribution in [0.25, 0.3) is 0 Å². The Labute approximate surface area is 132 Å². The lowest BCUT2D eigenvalue weighted by Gasteiger charge is -2.35. The summed E-state index contributed by atoms with van der Waals surface area (Å²) in [4.78, 5) is 16.2. The molecule has 1 aromatic rings. The molecule has 22 heavy (non-hydrogen) atoms. The van der Waals surface area contributed by atoms with Gasteiger partial charge in [0.25, 0.3) is 5.91 Å². The van der Waals surface area contributed by atoms with E-state index in [1.165, 1.54) is 6.42 Å². The van der Waals surface area contributed by atoms with Crippen LogP contribution in [0.1, 0.15) is 30.6 Å². The minimum absolute atomic E-state index is 0.0733. The number of hydrogen-bond donors (Lipinski definition) is 1. The zero-order chi connectivity index (χ0) is 16.1. The van der Waals surface area contributed by atoms with Crippen molar-refractivity contribution in [1.29, 1.82) is 0 Å². The normalized spacial score (nSPS) is 17.2. The molecule has 5 heteroatoms. The number of carbonyl (C=O) groups excluding carboxylic acids is 1. The number of carbonyl (C=O) groups is 1. The molecule has 0 unspecified atom stereocenters. The van der Waals surface area contributed by atoms with Gasteiger partial charge in [-0.05, 0) is 31.5 Å². The standard InChI is InChI=1S/C17H26N2O3/c1-5-13(2)18-8-10-19(11-9-18)17(20)14-6-7-15(21-3)16(12-14)22-4/h6-7,12-13H,5,8-11H2,1-4H3/p+1/t13-/m1/s1. The number of quaternary nitrogens is 1. The highest BCUT2D eigenvalue weighted by Gasteiger charge is 2.27. The van der Waals surface area contributed by atoms with Crippen molar-refractivity contribution in [2.75, 3.05) is 40.4 Å². The minimum atomic E-state index is 0.0733. The Hall–Kier alpha value is -1.75. The van der Waals surface area contributed by atoms with Crippen molar-refractivity contribution in [3.8, 4) is 11.5 Å². The van der Waals surface area contributed by atoms with E-state index < -0.39 is 0 Å². The van der Waals surface area contributed by atoms with Crippen LogP contribution in [-0.2, 0) is 0 Å². The van der Waals surface area contributed by atoms with Crippen LogP contribution in [0.3, 0.4) is 0 Å². The minimum Gasteiger partial charge on any atom is -0.493 e. The van der Waals surface area contributed by atoms with Gasteiger partial charge in [0.1, 0.15) is 0 Å². The van der Waals surface area contributed by atoms with Crippen molar-refractivity contribution < 1.29 is 19.2 Å². The van der Waals surface area contributed by atoms with Crippen molar-refractivity contribution in [1.82, 2.24) is 4.90 Å². The maximum atomic E-state index is 12.6. The average Bonchev–Trinajstić information content (AvgIpc) is 2.59. The molecule has 0 aliphatic carbocycles. The summed E-state index contributed by atoms with van der Waals surface area (Å²) in [5.74, 6) is 1.31. The van der Waals surface area contributed by atoms with Crippen molar-refractivity contribution in [2.45, 2.75) is 26.3 Å². The molecule has 5 nitrogen and oxygen atoms in total. The van der Waals surface area contributed by atoms with Crippen LogP contribution in [0, 0.1) is 0 Å². The van der Waals surface area contributed by atoms with Gasteiger partial charge in [0.2, 0.25) is 0 Å². The first-order valence-electron chi connectivity index (χ1n) is 7.96. The highest BCUT2D eigenvalue weighted by Crippen LogP contribution is 2.28. The molecule has 1 aromatic carbocycles. The fourth-order valence-corrected chi connectivity index (χ4v) is 2.93. The van der Waals surface area contributed by atoms with Crippen molar-refractivity contribution in [3.63, 3.8) is 0 Å². The summed E-state index contributed by atoms with van der Waals surface area (Å²) in [7, 11) is 3.18. The van der Waals surface area contributed by atoms with Gasteiger partial charge < -0.3 is 19.3 Å². The SMILES string of the molecule is CC[C@@H](C)[NH+]1CCN(C(=O)c2ccc(OC)c(OC)c2)CC1. The lowest BCUT2D eigenvalue weighted by molar-refractivity contribution is -0.927. The second kappa shape index (κ2) is 7.49. The summed E-state index contributed by atoms with van der Waals surface area (Å²) in [6.45, 7) is 8.17. The quantitative estimate of drug-likeness (QED) is 0.877. The monoisotopic (exact) mass is 307 g/mol. The lowest BCUT2D eigenvalue weighted by Crippen LogP contribution is -3.17. The molecule has 122 valence electrons. The summed E-state index contributed by atoms with van der Waals surface area (Å²) >= 11 is 0. The van der Waals surface area contributed by atoms with Gasteiger partial charge in [0, 0.05) is 5.56 Å². The Morgan fingerprint density at radius 2 is 1.86 bits per heavy atom.